The molecular formula is C25H30FN3O2. The van der Waals surface area contributed by atoms with Crippen molar-refractivity contribution < 1.29 is 14.3 Å². The van der Waals surface area contributed by atoms with Crippen molar-refractivity contribution >= 4 is 16.8 Å². The lowest BCUT2D eigenvalue weighted by Crippen LogP contribution is -2.36. The number of benzene rings is 2. The third-order valence-corrected chi connectivity index (χ3v) is 6.32. The van der Waals surface area contributed by atoms with E-state index in [1.165, 1.54) is 6.07 Å². The number of aromatic nitrogens is 1. The van der Waals surface area contributed by atoms with Crippen molar-refractivity contribution in [2.75, 3.05) is 26.2 Å². The van der Waals surface area contributed by atoms with E-state index in [1.54, 1.807) is 6.07 Å². The lowest BCUT2D eigenvalue weighted by Gasteiger charge is -2.34. The van der Waals surface area contributed by atoms with Crippen molar-refractivity contribution in [2.45, 2.75) is 38.1 Å². The number of carbonyl (C=O) groups excluding carboxylic acids is 1. The van der Waals surface area contributed by atoms with Gasteiger partial charge >= 0.3 is 0 Å². The van der Waals surface area contributed by atoms with E-state index in [9.17, 15) is 14.3 Å². The molecule has 1 aliphatic heterocycles. The van der Waals surface area contributed by atoms with Crippen LogP contribution in [0.5, 0.6) is 0 Å². The monoisotopic (exact) mass is 423 g/mol. The van der Waals surface area contributed by atoms with Crippen LogP contribution in [0.4, 0.5) is 4.39 Å². The first-order chi connectivity index (χ1) is 15.0. The summed E-state index contributed by atoms with van der Waals surface area (Å²) in [7, 11) is 0. The number of amides is 1. The van der Waals surface area contributed by atoms with Gasteiger partial charge in [0.25, 0.3) is 0 Å². The highest BCUT2D eigenvalue weighted by Crippen LogP contribution is 2.31. The van der Waals surface area contributed by atoms with Crippen LogP contribution < -0.4 is 5.73 Å². The Morgan fingerprint density at radius 2 is 1.87 bits per heavy atom. The molecule has 3 N–H and O–H groups in total. The zero-order valence-electron chi connectivity index (χ0n) is 17.8. The second-order valence-electron chi connectivity index (χ2n) is 8.43. The van der Waals surface area contributed by atoms with Crippen LogP contribution in [0.15, 0.2) is 48.5 Å². The van der Waals surface area contributed by atoms with Gasteiger partial charge in [-0.05, 0) is 60.4 Å². The minimum atomic E-state index is -0.332. The predicted molar refractivity (Wildman–Crippen MR) is 120 cm³/mol. The summed E-state index contributed by atoms with van der Waals surface area (Å²) in [5.74, 6) is -0.465. The molecule has 0 atom stereocenters. The first-order valence-electron chi connectivity index (χ1n) is 11.0. The fraction of sp³-hybridized carbons (Fsp3) is 0.400. The summed E-state index contributed by atoms with van der Waals surface area (Å²) in [5.41, 5.74) is 9.43. The second kappa shape index (κ2) is 9.62. The molecule has 2 aromatic carbocycles. The van der Waals surface area contributed by atoms with Gasteiger partial charge < -0.3 is 20.3 Å². The Hall–Kier alpha value is -2.70. The number of piperidine rings is 1. The molecule has 31 heavy (non-hydrogen) atoms. The number of nitrogens with two attached hydrogens (primary N) is 1. The van der Waals surface area contributed by atoms with Crippen LogP contribution in [0.1, 0.15) is 35.7 Å². The molecule has 1 aromatic heterocycles. The largest absolute Gasteiger partial charge is 0.396 e. The van der Waals surface area contributed by atoms with Crippen molar-refractivity contribution in [3.05, 3.63) is 71.2 Å². The van der Waals surface area contributed by atoms with E-state index in [0.29, 0.717) is 18.9 Å². The number of primary amides is 1. The molecule has 164 valence electrons. The van der Waals surface area contributed by atoms with Gasteiger partial charge in [0.05, 0.1) is 6.42 Å². The fourth-order valence-electron chi connectivity index (χ4n) is 4.74. The zero-order chi connectivity index (χ0) is 21.8. The Morgan fingerprint density at radius 1 is 1.10 bits per heavy atom. The van der Waals surface area contributed by atoms with Crippen LogP contribution in [0, 0.1) is 5.82 Å². The summed E-state index contributed by atoms with van der Waals surface area (Å²) >= 11 is 0. The summed E-state index contributed by atoms with van der Waals surface area (Å²) in [6.45, 7) is 2.83. The molecule has 0 saturated carbocycles. The number of halogens is 1. The molecule has 0 radical (unpaired) electrons. The average Bonchev–Trinajstić information content (AvgIpc) is 3.10. The van der Waals surface area contributed by atoms with E-state index in [2.05, 4.69) is 27.7 Å². The molecule has 4 rings (SSSR count). The highest BCUT2D eigenvalue weighted by molar-refractivity contribution is 5.85. The van der Waals surface area contributed by atoms with Gasteiger partial charge in [0.2, 0.25) is 5.91 Å². The number of hydrogen-bond donors (Lipinski definition) is 2. The quantitative estimate of drug-likeness (QED) is 0.584. The van der Waals surface area contributed by atoms with E-state index in [0.717, 1.165) is 60.2 Å². The van der Waals surface area contributed by atoms with E-state index >= 15 is 0 Å². The topological polar surface area (TPSA) is 71.5 Å². The third-order valence-electron chi connectivity index (χ3n) is 6.32. The number of fused-ring (bicyclic) bond motifs is 1. The summed E-state index contributed by atoms with van der Waals surface area (Å²) in [6, 6.07) is 15.6. The number of aliphatic hydroxyl groups is 1. The molecule has 6 heteroatoms. The van der Waals surface area contributed by atoms with E-state index in [1.807, 2.05) is 18.2 Å². The van der Waals surface area contributed by atoms with Crippen molar-refractivity contribution in [1.82, 2.24) is 9.47 Å². The van der Waals surface area contributed by atoms with Crippen LogP contribution in [0.3, 0.4) is 0 Å². The number of nitrogens with zero attached hydrogens (tertiary/aromatic N) is 2. The average molecular weight is 424 g/mol. The van der Waals surface area contributed by atoms with Gasteiger partial charge in [-0.2, -0.15) is 0 Å². The minimum absolute atomic E-state index is 0.112. The maximum atomic E-state index is 13.9. The Labute approximate surface area is 182 Å². The minimum Gasteiger partial charge on any atom is -0.396 e. The lowest BCUT2D eigenvalue weighted by molar-refractivity contribution is -0.117. The van der Waals surface area contributed by atoms with Crippen LogP contribution in [-0.4, -0.2) is 46.7 Å². The van der Waals surface area contributed by atoms with Gasteiger partial charge in [-0.3, -0.25) is 4.79 Å². The zero-order valence-corrected chi connectivity index (χ0v) is 17.8. The highest BCUT2D eigenvalue weighted by atomic mass is 19.1. The molecule has 1 aliphatic rings. The van der Waals surface area contributed by atoms with Gasteiger partial charge in [-0.25, -0.2) is 4.39 Å². The molecule has 0 aliphatic carbocycles. The molecule has 1 saturated heterocycles. The molecule has 0 spiro atoms. The highest BCUT2D eigenvalue weighted by Gasteiger charge is 2.24. The number of rotatable bonds is 8. The molecule has 0 unspecified atom stereocenters. The molecular weight excluding hydrogens is 393 g/mol. The Morgan fingerprint density at radius 3 is 2.58 bits per heavy atom. The normalized spacial score (nSPS) is 15.5. The van der Waals surface area contributed by atoms with Gasteiger partial charge in [-0.1, -0.05) is 30.3 Å². The maximum Gasteiger partial charge on any atom is 0.223 e. The number of hydrogen-bond acceptors (Lipinski definition) is 3. The Bertz CT molecular complexity index is 1050. The van der Waals surface area contributed by atoms with Crippen molar-refractivity contribution in [3.8, 4) is 0 Å². The van der Waals surface area contributed by atoms with E-state index < -0.39 is 0 Å². The molecule has 1 fully saturated rings. The predicted octanol–water partition coefficient (Wildman–Crippen LogP) is 3.22. The third kappa shape index (κ3) is 4.97. The Kier molecular flexibility index (Phi) is 6.68. The van der Waals surface area contributed by atoms with Gasteiger partial charge in [0.1, 0.15) is 5.82 Å². The fourth-order valence-corrected chi connectivity index (χ4v) is 4.74. The summed E-state index contributed by atoms with van der Waals surface area (Å²) in [5, 5.41) is 10.4. The van der Waals surface area contributed by atoms with Crippen LogP contribution in [-0.2, 0) is 24.1 Å². The Balaban J connectivity index is 1.50. The van der Waals surface area contributed by atoms with Crippen LogP contribution >= 0.6 is 0 Å². The first kappa shape index (κ1) is 21.5. The first-order valence-corrected chi connectivity index (χ1v) is 11.0. The molecule has 3 aromatic rings. The van der Waals surface area contributed by atoms with Gasteiger partial charge in [0, 0.05) is 43.5 Å². The number of likely N-dealkylation sites (tertiary alicyclic amines) is 1. The summed E-state index contributed by atoms with van der Waals surface area (Å²) < 4.78 is 16.2. The van der Waals surface area contributed by atoms with Crippen LogP contribution in [0.2, 0.25) is 0 Å². The molecule has 0 bridgehead atoms. The van der Waals surface area contributed by atoms with Crippen molar-refractivity contribution in [2.24, 2.45) is 5.73 Å². The van der Waals surface area contributed by atoms with Crippen molar-refractivity contribution in [1.29, 1.82) is 0 Å². The van der Waals surface area contributed by atoms with E-state index in [-0.39, 0.29) is 24.8 Å². The smallest absolute Gasteiger partial charge is 0.223 e. The SMILES string of the molecule is NC(=O)Cc1cc2ccc(CCO)cc2n1C1CCN(CCc2ccccc2F)CC1. The maximum absolute atomic E-state index is 13.9. The standard InChI is InChI=1S/C25H30FN3O2/c26-23-4-2-1-3-19(23)7-11-28-12-8-21(9-13-28)29-22(17-25(27)31)16-20-6-5-18(10-14-30)15-24(20)29/h1-6,15-16,21,30H,7-14,17H2,(H2,27,31). The van der Waals surface area contributed by atoms with Crippen molar-refractivity contribution in [3.63, 3.8) is 0 Å². The molecule has 1 amide bonds. The van der Waals surface area contributed by atoms with Gasteiger partial charge in [0.15, 0.2) is 0 Å². The molecule has 2 heterocycles. The van der Waals surface area contributed by atoms with Gasteiger partial charge in [-0.15, -0.1) is 0 Å². The van der Waals surface area contributed by atoms with Crippen LogP contribution in [0.25, 0.3) is 10.9 Å². The number of carbonyl (C=O) groups is 1. The number of aliphatic hydroxyl groups excluding tert-OH is 1. The summed E-state index contributed by atoms with van der Waals surface area (Å²) in [4.78, 5) is 14.1. The molecule has 5 nitrogen and oxygen atoms in total. The van der Waals surface area contributed by atoms with E-state index in [4.69, 9.17) is 5.73 Å². The lowest BCUT2D eigenvalue weighted by atomic mass is 10.0. The summed E-state index contributed by atoms with van der Waals surface area (Å²) in [6.07, 6.45) is 3.48. The second-order valence-corrected chi connectivity index (χ2v) is 8.43.